The highest BCUT2D eigenvalue weighted by molar-refractivity contribution is 6.31. The van der Waals surface area contributed by atoms with Crippen molar-refractivity contribution in [2.75, 3.05) is 43.0 Å². The van der Waals surface area contributed by atoms with Crippen LogP contribution in [0.15, 0.2) is 42.5 Å². The molecule has 30 heavy (non-hydrogen) atoms. The summed E-state index contributed by atoms with van der Waals surface area (Å²) in [4.78, 5) is 29.0. The van der Waals surface area contributed by atoms with Gasteiger partial charge in [0.1, 0.15) is 5.75 Å². The van der Waals surface area contributed by atoms with Crippen molar-refractivity contribution in [2.24, 2.45) is 0 Å². The number of hydrogen-bond acceptors (Lipinski definition) is 4. The second-order valence-electron chi connectivity index (χ2n) is 7.19. The van der Waals surface area contributed by atoms with Crippen LogP contribution in [0.3, 0.4) is 0 Å². The number of nitrogens with zero attached hydrogens (tertiary/aromatic N) is 2. The van der Waals surface area contributed by atoms with Gasteiger partial charge < -0.3 is 19.9 Å². The van der Waals surface area contributed by atoms with Crippen LogP contribution in [-0.2, 0) is 4.79 Å². The number of rotatable bonds is 7. The second kappa shape index (κ2) is 10.3. The first-order valence-electron chi connectivity index (χ1n) is 10.4. The molecule has 0 radical (unpaired) electrons. The average molecular weight is 430 g/mol. The Morgan fingerprint density at radius 2 is 1.73 bits per heavy atom. The van der Waals surface area contributed by atoms with Crippen LogP contribution in [0.25, 0.3) is 0 Å². The normalized spacial score (nSPS) is 13.8. The molecule has 2 aromatic carbocycles. The van der Waals surface area contributed by atoms with E-state index in [4.69, 9.17) is 16.3 Å². The van der Waals surface area contributed by atoms with Crippen molar-refractivity contribution in [3.63, 3.8) is 0 Å². The Hall–Kier alpha value is -2.73. The fourth-order valence-electron chi connectivity index (χ4n) is 3.52. The van der Waals surface area contributed by atoms with E-state index in [1.54, 1.807) is 30.3 Å². The first-order chi connectivity index (χ1) is 14.5. The van der Waals surface area contributed by atoms with E-state index in [9.17, 15) is 9.59 Å². The summed E-state index contributed by atoms with van der Waals surface area (Å²) in [5, 5.41) is 3.54. The Labute approximate surface area is 182 Å². The lowest BCUT2D eigenvalue weighted by molar-refractivity contribution is -0.131. The molecule has 2 aromatic rings. The Kier molecular flexibility index (Phi) is 7.57. The fourth-order valence-corrected chi connectivity index (χ4v) is 3.69. The maximum absolute atomic E-state index is 12.8. The van der Waals surface area contributed by atoms with Crippen LogP contribution in [0.1, 0.15) is 37.0 Å². The molecule has 6 nitrogen and oxygen atoms in total. The van der Waals surface area contributed by atoms with Crippen LogP contribution in [0.4, 0.5) is 11.4 Å². The number of hydrogen-bond donors (Lipinski definition) is 1. The maximum atomic E-state index is 12.8. The van der Waals surface area contributed by atoms with Gasteiger partial charge in [-0.15, -0.1) is 0 Å². The van der Waals surface area contributed by atoms with Gasteiger partial charge in [0.25, 0.3) is 5.91 Å². The van der Waals surface area contributed by atoms with E-state index in [1.807, 2.05) is 30.9 Å². The molecule has 2 amide bonds. The Bertz CT molecular complexity index is 878. The van der Waals surface area contributed by atoms with E-state index >= 15 is 0 Å². The van der Waals surface area contributed by atoms with E-state index in [-0.39, 0.29) is 11.8 Å². The molecule has 1 fully saturated rings. The highest BCUT2D eigenvalue weighted by Crippen LogP contribution is 2.30. The number of ether oxygens (including phenoxy) is 1. The molecule has 3 rings (SSSR count). The zero-order valence-corrected chi connectivity index (χ0v) is 18.2. The lowest BCUT2D eigenvalue weighted by atomic mass is 10.1. The molecule has 1 aliphatic heterocycles. The second-order valence-corrected chi connectivity index (χ2v) is 7.63. The van der Waals surface area contributed by atoms with Crippen LogP contribution < -0.4 is 15.0 Å². The van der Waals surface area contributed by atoms with Crippen LogP contribution in [0.2, 0.25) is 5.02 Å². The van der Waals surface area contributed by atoms with E-state index in [2.05, 4.69) is 10.2 Å². The monoisotopic (exact) mass is 429 g/mol. The first kappa shape index (κ1) is 22.0. The molecule has 1 N–H and O–H groups in total. The summed E-state index contributed by atoms with van der Waals surface area (Å²) in [6, 6.07) is 12.5. The van der Waals surface area contributed by atoms with E-state index in [0.717, 1.165) is 17.9 Å². The SMILES string of the molecule is CCCC(=O)N1CCN(c2ccc(Cl)cc2NC(=O)c2ccc(OCC)cc2)CC1. The van der Waals surface area contributed by atoms with Gasteiger partial charge >= 0.3 is 0 Å². The van der Waals surface area contributed by atoms with Gasteiger partial charge in [-0.2, -0.15) is 0 Å². The van der Waals surface area contributed by atoms with Gasteiger partial charge in [-0.1, -0.05) is 18.5 Å². The molecule has 0 unspecified atom stereocenters. The molecule has 0 aliphatic carbocycles. The molecule has 160 valence electrons. The first-order valence-corrected chi connectivity index (χ1v) is 10.8. The zero-order chi connectivity index (χ0) is 21.5. The van der Waals surface area contributed by atoms with Gasteiger partial charge in [-0.3, -0.25) is 9.59 Å². The van der Waals surface area contributed by atoms with Crippen LogP contribution in [0.5, 0.6) is 5.75 Å². The standard InChI is InChI=1S/C23H28ClN3O3/c1-3-5-22(28)27-14-12-26(13-15-27)21-11-8-18(24)16-20(21)25-23(29)17-6-9-19(10-7-17)30-4-2/h6-11,16H,3-5,12-15H2,1-2H3,(H,25,29). The predicted molar refractivity (Wildman–Crippen MR) is 121 cm³/mol. The summed E-state index contributed by atoms with van der Waals surface area (Å²) in [5.74, 6) is 0.726. The summed E-state index contributed by atoms with van der Waals surface area (Å²) < 4.78 is 5.43. The summed E-state index contributed by atoms with van der Waals surface area (Å²) in [5.41, 5.74) is 2.11. The lowest BCUT2D eigenvalue weighted by Crippen LogP contribution is -2.48. The Morgan fingerprint density at radius 1 is 1.03 bits per heavy atom. The van der Waals surface area contributed by atoms with Crippen LogP contribution in [-0.4, -0.2) is 49.5 Å². The molecular formula is C23H28ClN3O3. The Morgan fingerprint density at radius 3 is 2.37 bits per heavy atom. The summed E-state index contributed by atoms with van der Waals surface area (Å²) in [6.45, 7) is 7.28. The average Bonchev–Trinajstić information content (AvgIpc) is 2.75. The number of nitrogens with one attached hydrogen (secondary N) is 1. The molecular weight excluding hydrogens is 402 g/mol. The minimum absolute atomic E-state index is 0.206. The van der Waals surface area contributed by atoms with Gasteiger partial charge in [0.15, 0.2) is 0 Å². The van der Waals surface area contributed by atoms with Crippen LogP contribution >= 0.6 is 11.6 Å². The van der Waals surface area contributed by atoms with E-state index in [1.165, 1.54) is 0 Å². The quantitative estimate of drug-likeness (QED) is 0.706. The van der Waals surface area contributed by atoms with Crippen molar-refractivity contribution in [3.8, 4) is 5.75 Å². The third-order valence-electron chi connectivity index (χ3n) is 5.07. The molecule has 1 heterocycles. The Balaban J connectivity index is 1.71. The molecule has 1 aliphatic rings. The van der Waals surface area contributed by atoms with Crippen molar-refractivity contribution >= 4 is 34.8 Å². The predicted octanol–water partition coefficient (Wildman–Crippen LogP) is 4.44. The maximum Gasteiger partial charge on any atom is 0.255 e. The minimum Gasteiger partial charge on any atom is -0.494 e. The fraction of sp³-hybridized carbons (Fsp3) is 0.391. The number of benzene rings is 2. The summed E-state index contributed by atoms with van der Waals surface area (Å²) in [6.07, 6.45) is 1.45. The van der Waals surface area contributed by atoms with Crippen molar-refractivity contribution in [1.82, 2.24) is 4.90 Å². The minimum atomic E-state index is -0.210. The highest BCUT2D eigenvalue weighted by atomic mass is 35.5. The van der Waals surface area contributed by atoms with Crippen molar-refractivity contribution in [2.45, 2.75) is 26.7 Å². The largest absolute Gasteiger partial charge is 0.494 e. The van der Waals surface area contributed by atoms with Gasteiger partial charge in [-0.05, 0) is 55.8 Å². The van der Waals surface area contributed by atoms with E-state index in [0.29, 0.717) is 55.5 Å². The van der Waals surface area contributed by atoms with Gasteiger partial charge in [0, 0.05) is 43.2 Å². The van der Waals surface area contributed by atoms with Gasteiger partial charge in [0.05, 0.1) is 18.0 Å². The number of carbonyl (C=O) groups excluding carboxylic acids is 2. The molecule has 0 saturated carbocycles. The van der Waals surface area contributed by atoms with Gasteiger partial charge in [-0.25, -0.2) is 0 Å². The number of piperazine rings is 1. The number of amides is 2. The summed E-state index contributed by atoms with van der Waals surface area (Å²) in [7, 11) is 0. The zero-order valence-electron chi connectivity index (χ0n) is 17.5. The molecule has 0 aromatic heterocycles. The molecule has 1 saturated heterocycles. The lowest BCUT2D eigenvalue weighted by Gasteiger charge is -2.37. The smallest absolute Gasteiger partial charge is 0.255 e. The molecule has 7 heteroatoms. The van der Waals surface area contributed by atoms with Crippen molar-refractivity contribution in [1.29, 1.82) is 0 Å². The number of carbonyl (C=O) groups is 2. The molecule has 0 atom stereocenters. The van der Waals surface area contributed by atoms with E-state index < -0.39 is 0 Å². The topological polar surface area (TPSA) is 61.9 Å². The number of anilines is 2. The van der Waals surface area contributed by atoms with Crippen molar-refractivity contribution < 1.29 is 14.3 Å². The number of halogens is 1. The molecule has 0 spiro atoms. The molecule has 0 bridgehead atoms. The third-order valence-corrected chi connectivity index (χ3v) is 5.31. The highest BCUT2D eigenvalue weighted by Gasteiger charge is 2.23. The van der Waals surface area contributed by atoms with Crippen molar-refractivity contribution in [3.05, 3.63) is 53.1 Å². The summed E-state index contributed by atoms with van der Waals surface area (Å²) >= 11 is 6.20. The van der Waals surface area contributed by atoms with Gasteiger partial charge in [0.2, 0.25) is 5.91 Å². The third kappa shape index (κ3) is 5.45. The van der Waals surface area contributed by atoms with Crippen LogP contribution in [0, 0.1) is 0 Å².